The van der Waals surface area contributed by atoms with Crippen LogP contribution in [-0.2, 0) is 9.84 Å². The number of hydrogen-bond donors (Lipinski definition) is 2. The zero-order valence-corrected chi connectivity index (χ0v) is 13.8. The highest BCUT2D eigenvalue weighted by Crippen LogP contribution is 2.11. The Kier molecular flexibility index (Phi) is 7.34. The SMILES string of the molecule is CCNC(=NCCCCC(C)C)NC1CCS(=O)(=O)C1. The van der Waals surface area contributed by atoms with E-state index in [1.54, 1.807) is 0 Å². The molecule has 0 aromatic heterocycles. The highest BCUT2D eigenvalue weighted by Gasteiger charge is 2.28. The molecule has 118 valence electrons. The molecule has 20 heavy (non-hydrogen) atoms. The van der Waals surface area contributed by atoms with E-state index in [0.29, 0.717) is 12.2 Å². The lowest BCUT2D eigenvalue weighted by Crippen LogP contribution is -2.44. The number of sulfone groups is 1. The van der Waals surface area contributed by atoms with E-state index < -0.39 is 9.84 Å². The lowest BCUT2D eigenvalue weighted by Gasteiger charge is -2.15. The molecular formula is C14H29N3O2S. The second-order valence-corrected chi connectivity index (χ2v) is 8.12. The molecule has 0 radical (unpaired) electrons. The van der Waals surface area contributed by atoms with Crippen molar-refractivity contribution < 1.29 is 8.42 Å². The minimum Gasteiger partial charge on any atom is -0.357 e. The Balaban J connectivity index is 2.35. The first-order valence-electron chi connectivity index (χ1n) is 7.68. The van der Waals surface area contributed by atoms with Gasteiger partial charge in [-0.15, -0.1) is 0 Å². The Hall–Kier alpha value is -0.780. The topological polar surface area (TPSA) is 70.6 Å². The first kappa shape index (κ1) is 17.3. The van der Waals surface area contributed by atoms with Gasteiger partial charge in [-0.05, 0) is 25.7 Å². The van der Waals surface area contributed by atoms with E-state index >= 15 is 0 Å². The maximum Gasteiger partial charge on any atom is 0.191 e. The third kappa shape index (κ3) is 7.12. The number of unbranched alkanes of at least 4 members (excludes halogenated alkanes) is 1. The number of nitrogens with one attached hydrogen (secondary N) is 2. The molecule has 1 unspecified atom stereocenters. The van der Waals surface area contributed by atoms with Crippen molar-refractivity contribution >= 4 is 15.8 Å². The average molecular weight is 303 g/mol. The molecule has 0 aromatic carbocycles. The summed E-state index contributed by atoms with van der Waals surface area (Å²) in [6.45, 7) is 8.06. The van der Waals surface area contributed by atoms with Crippen molar-refractivity contribution in [2.24, 2.45) is 10.9 Å². The fourth-order valence-corrected chi connectivity index (χ4v) is 3.95. The van der Waals surface area contributed by atoms with Crippen molar-refractivity contribution in [3.63, 3.8) is 0 Å². The summed E-state index contributed by atoms with van der Waals surface area (Å²) >= 11 is 0. The van der Waals surface area contributed by atoms with E-state index in [-0.39, 0.29) is 11.8 Å². The van der Waals surface area contributed by atoms with Crippen LogP contribution in [0.2, 0.25) is 0 Å². The van der Waals surface area contributed by atoms with Crippen LogP contribution in [-0.4, -0.2) is 45.0 Å². The van der Waals surface area contributed by atoms with Crippen LogP contribution in [0.25, 0.3) is 0 Å². The number of nitrogens with zero attached hydrogens (tertiary/aromatic N) is 1. The summed E-state index contributed by atoms with van der Waals surface area (Å²) < 4.78 is 22.9. The van der Waals surface area contributed by atoms with Crippen molar-refractivity contribution in [3.8, 4) is 0 Å². The van der Waals surface area contributed by atoms with Crippen LogP contribution >= 0.6 is 0 Å². The van der Waals surface area contributed by atoms with Crippen LogP contribution in [0.4, 0.5) is 0 Å². The molecule has 1 rings (SSSR count). The van der Waals surface area contributed by atoms with Gasteiger partial charge in [0.25, 0.3) is 0 Å². The lowest BCUT2D eigenvalue weighted by atomic mass is 10.1. The zero-order chi connectivity index (χ0) is 15.0. The summed E-state index contributed by atoms with van der Waals surface area (Å²) in [5.41, 5.74) is 0. The minimum absolute atomic E-state index is 0.00784. The highest BCUT2D eigenvalue weighted by molar-refractivity contribution is 7.91. The van der Waals surface area contributed by atoms with E-state index in [0.717, 1.165) is 31.4 Å². The van der Waals surface area contributed by atoms with Crippen molar-refractivity contribution in [2.45, 2.75) is 52.5 Å². The largest absolute Gasteiger partial charge is 0.357 e. The monoisotopic (exact) mass is 303 g/mol. The molecule has 0 spiro atoms. The predicted molar refractivity (Wildman–Crippen MR) is 84.9 cm³/mol. The van der Waals surface area contributed by atoms with Crippen LogP contribution in [0.5, 0.6) is 0 Å². The molecule has 0 aromatic rings. The van der Waals surface area contributed by atoms with E-state index in [1.165, 1.54) is 12.8 Å². The Morgan fingerprint density at radius 1 is 1.35 bits per heavy atom. The van der Waals surface area contributed by atoms with Gasteiger partial charge in [-0.1, -0.05) is 26.7 Å². The van der Waals surface area contributed by atoms with Gasteiger partial charge in [-0.2, -0.15) is 0 Å². The quantitative estimate of drug-likeness (QED) is 0.425. The standard InChI is InChI=1S/C14H29N3O2S/c1-4-15-14(16-9-6-5-7-12(2)3)17-13-8-10-20(18,19)11-13/h12-13H,4-11H2,1-3H3,(H2,15,16,17). The van der Waals surface area contributed by atoms with Crippen LogP contribution in [0, 0.1) is 5.92 Å². The molecule has 1 aliphatic heterocycles. The summed E-state index contributed by atoms with van der Waals surface area (Å²) in [6, 6.07) is 0.00784. The number of aliphatic imine (C=N–C) groups is 1. The Labute approximate surface area is 123 Å². The van der Waals surface area contributed by atoms with Crippen molar-refractivity contribution in [2.75, 3.05) is 24.6 Å². The van der Waals surface area contributed by atoms with Crippen LogP contribution in [0.15, 0.2) is 4.99 Å². The zero-order valence-electron chi connectivity index (χ0n) is 13.0. The Bertz CT molecular complexity index is 405. The van der Waals surface area contributed by atoms with Gasteiger partial charge in [0.1, 0.15) is 0 Å². The van der Waals surface area contributed by atoms with Gasteiger partial charge in [0.15, 0.2) is 15.8 Å². The molecule has 0 bridgehead atoms. The molecule has 5 nitrogen and oxygen atoms in total. The summed E-state index contributed by atoms with van der Waals surface area (Å²) in [5, 5.41) is 6.41. The average Bonchev–Trinajstić information content (AvgIpc) is 2.68. The van der Waals surface area contributed by atoms with E-state index in [2.05, 4.69) is 29.5 Å². The van der Waals surface area contributed by atoms with Gasteiger partial charge in [-0.25, -0.2) is 8.42 Å². The second-order valence-electron chi connectivity index (χ2n) is 5.89. The third-order valence-electron chi connectivity index (χ3n) is 3.38. The molecule has 1 aliphatic rings. The molecule has 1 fully saturated rings. The van der Waals surface area contributed by atoms with Gasteiger partial charge in [-0.3, -0.25) is 4.99 Å². The van der Waals surface area contributed by atoms with E-state index in [9.17, 15) is 8.42 Å². The molecule has 1 atom stereocenters. The molecule has 1 saturated heterocycles. The lowest BCUT2D eigenvalue weighted by molar-refractivity contribution is 0.540. The highest BCUT2D eigenvalue weighted by atomic mass is 32.2. The van der Waals surface area contributed by atoms with E-state index in [4.69, 9.17) is 0 Å². The molecule has 2 N–H and O–H groups in total. The maximum absolute atomic E-state index is 11.4. The molecule has 1 heterocycles. The Morgan fingerprint density at radius 2 is 2.10 bits per heavy atom. The molecule has 0 aliphatic carbocycles. The maximum atomic E-state index is 11.4. The minimum atomic E-state index is -2.84. The first-order chi connectivity index (χ1) is 9.43. The van der Waals surface area contributed by atoms with Gasteiger partial charge in [0, 0.05) is 19.1 Å². The summed E-state index contributed by atoms with van der Waals surface area (Å²) in [5.74, 6) is 2.01. The summed E-state index contributed by atoms with van der Waals surface area (Å²) in [7, 11) is -2.84. The number of hydrogen-bond acceptors (Lipinski definition) is 3. The van der Waals surface area contributed by atoms with Crippen molar-refractivity contribution in [3.05, 3.63) is 0 Å². The van der Waals surface area contributed by atoms with Crippen LogP contribution < -0.4 is 10.6 Å². The van der Waals surface area contributed by atoms with Crippen molar-refractivity contribution in [1.29, 1.82) is 0 Å². The third-order valence-corrected chi connectivity index (χ3v) is 5.14. The number of rotatable bonds is 7. The fourth-order valence-electron chi connectivity index (χ4n) is 2.28. The van der Waals surface area contributed by atoms with Gasteiger partial charge in [0.2, 0.25) is 0 Å². The smallest absolute Gasteiger partial charge is 0.191 e. The second kappa shape index (κ2) is 8.49. The summed E-state index contributed by atoms with van der Waals surface area (Å²) in [4.78, 5) is 4.52. The molecular weight excluding hydrogens is 274 g/mol. The van der Waals surface area contributed by atoms with Crippen LogP contribution in [0.3, 0.4) is 0 Å². The van der Waals surface area contributed by atoms with Gasteiger partial charge < -0.3 is 10.6 Å². The predicted octanol–water partition coefficient (Wildman–Crippen LogP) is 1.55. The first-order valence-corrected chi connectivity index (χ1v) is 9.50. The van der Waals surface area contributed by atoms with Gasteiger partial charge in [0.05, 0.1) is 11.5 Å². The Morgan fingerprint density at radius 3 is 2.65 bits per heavy atom. The van der Waals surface area contributed by atoms with E-state index in [1.807, 2.05) is 6.92 Å². The van der Waals surface area contributed by atoms with Crippen molar-refractivity contribution in [1.82, 2.24) is 10.6 Å². The van der Waals surface area contributed by atoms with Crippen LogP contribution in [0.1, 0.15) is 46.5 Å². The fraction of sp³-hybridized carbons (Fsp3) is 0.929. The van der Waals surface area contributed by atoms with Gasteiger partial charge >= 0.3 is 0 Å². The molecule has 0 amide bonds. The molecule has 0 saturated carbocycles. The normalized spacial score (nSPS) is 22.2. The number of guanidine groups is 1. The molecule has 6 heteroatoms. The summed E-state index contributed by atoms with van der Waals surface area (Å²) in [6.07, 6.45) is 4.19.